The molecule has 0 atom stereocenters. The number of rotatable bonds is 5. The average molecular weight is 343 g/mol. The van der Waals surface area contributed by atoms with Crippen LogP contribution in [0.3, 0.4) is 0 Å². The van der Waals surface area contributed by atoms with Gasteiger partial charge in [-0.15, -0.1) is 0 Å². The highest BCUT2D eigenvalue weighted by molar-refractivity contribution is 5.93. The summed E-state index contributed by atoms with van der Waals surface area (Å²) in [6.45, 7) is 2.91. The summed E-state index contributed by atoms with van der Waals surface area (Å²) < 4.78 is 13.2. The average Bonchev–Trinajstić information content (AvgIpc) is 2.62. The van der Waals surface area contributed by atoms with Crippen LogP contribution in [0.25, 0.3) is 0 Å². The van der Waals surface area contributed by atoms with E-state index in [9.17, 15) is 14.3 Å². The van der Waals surface area contributed by atoms with E-state index in [4.69, 9.17) is 0 Å². The summed E-state index contributed by atoms with van der Waals surface area (Å²) in [6.07, 6.45) is 3.83. The summed E-state index contributed by atoms with van der Waals surface area (Å²) in [5.41, 5.74) is 2.39. The van der Waals surface area contributed by atoms with Gasteiger partial charge in [-0.2, -0.15) is 0 Å². The SMILES string of the molecule is O=C(NCc1ccccc1CN1CCC(O)CC1)c1cncc(F)c1. The first-order valence-electron chi connectivity index (χ1n) is 8.48. The van der Waals surface area contributed by atoms with Crippen molar-refractivity contribution in [2.75, 3.05) is 13.1 Å². The minimum Gasteiger partial charge on any atom is -0.393 e. The van der Waals surface area contributed by atoms with Gasteiger partial charge < -0.3 is 10.4 Å². The summed E-state index contributed by atoms with van der Waals surface area (Å²) >= 11 is 0. The van der Waals surface area contributed by atoms with E-state index >= 15 is 0 Å². The van der Waals surface area contributed by atoms with Crippen molar-refractivity contribution in [2.24, 2.45) is 0 Å². The van der Waals surface area contributed by atoms with Crippen LogP contribution in [-0.4, -0.2) is 40.1 Å². The minimum absolute atomic E-state index is 0.189. The van der Waals surface area contributed by atoms with E-state index in [0.29, 0.717) is 6.54 Å². The van der Waals surface area contributed by atoms with Crippen molar-refractivity contribution < 1.29 is 14.3 Å². The van der Waals surface area contributed by atoms with Crippen LogP contribution >= 0.6 is 0 Å². The number of aromatic nitrogens is 1. The van der Waals surface area contributed by atoms with Gasteiger partial charge in [0.1, 0.15) is 5.82 Å². The predicted octanol–water partition coefficient (Wildman–Crippen LogP) is 2.11. The Morgan fingerprint density at radius 3 is 2.68 bits per heavy atom. The predicted molar refractivity (Wildman–Crippen MR) is 92.3 cm³/mol. The summed E-state index contributed by atoms with van der Waals surface area (Å²) in [4.78, 5) is 18.2. The lowest BCUT2D eigenvalue weighted by molar-refractivity contribution is 0.0790. The Balaban J connectivity index is 1.62. The molecule has 0 aliphatic carbocycles. The molecule has 2 heterocycles. The maximum atomic E-state index is 13.2. The molecule has 1 aliphatic rings. The van der Waals surface area contributed by atoms with Crippen molar-refractivity contribution in [1.82, 2.24) is 15.2 Å². The molecule has 1 amide bonds. The maximum Gasteiger partial charge on any atom is 0.253 e. The lowest BCUT2D eigenvalue weighted by atomic mass is 10.0. The molecular weight excluding hydrogens is 321 g/mol. The van der Waals surface area contributed by atoms with E-state index in [1.54, 1.807) is 0 Å². The van der Waals surface area contributed by atoms with E-state index in [0.717, 1.165) is 49.8 Å². The van der Waals surface area contributed by atoms with Crippen molar-refractivity contribution >= 4 is 5.91 Å². The third-order valence-electron chi connectivity index (χ3n) is 4.48. The normalized spacial score (nSPS) is 15.9. The van der Waals surface area contributed by atoms with Crippen LogP contribution in [0.4, 0.5) is 4.39 Å². The molecule has 0 bridgehead atoms. The quantitative estimate of drug-likeness (QED) is 0.873. The highest BCUT2D eigenvalue weighted by Gasteiger charge is 2.18. The van der Waals surface area contributed by atoms with Crippen molar-refractivity contribution in [3.05, 3.63) is 65.2 Å². The molecule has 25 heavy (non-hydrogen) atoms. The molecule has 1 fully saturated rings. The molecule has 1 aromatic heterocycles. The molecule has 1 saturated heterocycles. The number of aliphatic hydroxyl groups is 1. The van der Waals surface area contributed by atoms with Crippen LogP contribution in [0.5, 0.6) is 0 Å². The van der Waals surface area contributed by atoms with Gasteiger partial charge in [0.05, 0.1) is 17.9 Å². The van der Waals surface area contributed by atoms with Crippen LogP contribution in [0, 0.1) is 5.82 Å². The Morgan fingerprint density at radius 1 is 1.24 bits per heavy atom. The number of nitrogens with zero attached hydrogens (tertiary/aromatic N) is 2. The van der Waals surface area contributed by atoms with Gasteiger partial charge in [-0.3, -0.25) is 14.7 Å². The molecule has 2 N–H and O–H groups in total. The lowest BCUT2D eigenvalue weighted by Crippen LogP contribution is -2.35. The Kier molecular flexibility index (Phi) is 5.73. The number of carbonyl (C=O) groups excluding carboxylic acids is 1. The molecule has 0 radical (unpaired) electrons. The Labute approximate surface area is 146 Å². The molecule has 132 valence electrons. The Morgan fingerprint density at radius 2 is 1.96 bits per heavy atom. The van der Waals surface area contributed by atoms with Crippen molar-refractivity contribution in [3.8, 4) is 0 Å². The van der Waals surface area contributed by atoms with Crippen LogP contribution in [0.15, 0.2) is 42.7 Å². The summed E-state index contributed by atoms with van der Waals surface area (Å²) in [7, 11) is 0. The van der Waals surface area contributed by atoms with Crippen LogP contribution < -0.4 is 5.32 Å². The second kappa shape index (κ2) is 8.18. The highest BCUT2D eigenvalue weighted by atomic mass is 19.1. The second-order valence-corrected chi connectivity index (χ2v) is 6.35. The summed E-state index contributed by atoms with van der Waals surface area (Å²) in [6, 6.07) is 9.13. The lowest BCUT2D eigenvalue weighted by Gasteiger charge is -2.30. The molecule has 0 unspecified atom stereocenters. The van der Waals surface area contributed by atoms with Gasteiger partial charge in [0.2, 0.25) is 0 Å². The zero-order chi connectivity index (χ0) is 17.6. The van der Waals surface area contributed by atoms with Crippen molar-refractivity contribution in [1.29, 1.82) is 0 Å². The first kappa shape index (κ1) is 17.5. The fraction of sp³-hybridized carbons (Fsp3) is 0.368. The highest BCUT2D eigenvalue weighted by Crippen LogP contribution is 2.16. The van der Waals surface area contributed by atoms with E-state index in [1.807, 2.05) is 18.2 Å². The Bertz CT molecular complexity index is 730. The van der Waals surface area contributed by atoms with Gasteiger partial charge in [-0.1, -0.05) is 24.3 Å². The Hall–Kier alpha value is -2.31. The number of carbonyl (C=O) groups is 1. The van der Waals surface area contributed by atoms with Crippen LogP contribution in [-0.2, 0) is 13.1 Å². The summed E-state index contributed by atoms with van der Waals surface area (Å²) in [5, 5.41) is 12.4. The fourth-order valence-electron chi connectivity index (χ4n) is 3.02. The number of amides is 1. The topological polar surface area (TPSA) is 65.5 Å². The molecule has 0 saturated carbocycles. The molecule has 6 heteroatoms. The molecule has 0 spiro atoms. The number of hydrogen-bond acceptors (Lipinski definition) is 4. The van der Waals surface area contributed by atoms with Gasteiger partial charge in [0, 0.05) is 32.4 Å². The van der Waals surface area contributed by atoms with E-state index < -0.39 is 5.82 Å². The number of pyridine rings is 1. The van der Waals surface area contributed by atoms with Crippen molar-refractivity contribution in [3.63, 3.8) is 0 Å². The van der Waals surface area contributed by atoms with E-state index in [-0.39, 0.29) is 17.6 Å². The molecule has 2 aromatic rings. The first-order valence-corrected chi connectivity index (χ1v) is 8.48. The third-order valence-corrected chi connectivity index (χ3v) is 4.48. The largest absolute Gasteiger partial charge is 0.393 e. The van der Waals surface area contributed by atoms with Gasteiger partial charge in [-0.05, 0) is 30.0 Å². The second-order valence-electron chi connectivity index (χ2n) is 6.35. The van der Waals surface area contributed by atoms with Gasteiger partial charge >= 0.3 is 0 Å². The van der Waals surface area contributed by atoms with Crippen LogP contribution in [0.2, 0.25) is 0 Å². The number of piperidine rings is 1. The zero-order valence-corrected chi connectivity index (χ0v) is 14.0. The van der Waals surface area contributed by atoms with Gasteiger partial charge in [-0.25, -0.2) is 4.39 Å². The van der Waals surface area contributed by atoms with Gasteiger partial charge in [0.25, 0.3) is 5.91 Å². The third kappa shape index (κ3) is 4.84. The standard InChI is InChI=1S/C19H22FN3O2/c20-17-9-16(10-21-12-17)19(25)22-11-14-3-1-2-4-15(14)13-23-7-5-18(24)6-8-23/h1-4,9-10,12,18,24H,5-8,11,13H2,(H,22,25). The maximum absolute atomic E-state index is 13.2. The number of benzene rings is 1. The number of hydrogen-bond donors (Lipinski definition) is 2. The van der Waals surface area contributed by atoms with E-state index in [1.165, 1.54) is 12.3 Å². The number of nitrogens with one attached hydrogen (secondary N) is 1. The minimum atomic E-state index is -0.527. The fourth-order valence-corrected chi connectivity index (χ4v) is 3.02. The molecular formula is C19H22FN3O2. The molecule has 5 nitrogen and oxygen atoms in total. The summed E-state index contributed by atoms with van der Waals surface area (Å²) in [5.74, 6) is -0.872. The number of aliphatic hydroxyl groups excluding tert-OH is 1. The van der Waals surface area contributed by atoms with E-state index in [2.05, 4.69) is 21.3 Å². The molecule has 3 rings (SSSR count). The zero-order valence-electron chi connectivity index (χ0n) is 14.0. The molecule has 1 aliphatic heterocycles. The molecule has 1 aromatic carbocycles. The van der Waals surface area contributed by atoms with Crippen LogP contribution in [0.1, 0.15) is 34.3 Å². The van der Waals surface area contributed by atoms with Gasteiger partial charge in [0.15, 0.2) is 0 Å². The number of halogens is 1. The smallest absolute Gasteiger partial charge is 0.253 e. The monoisotopic (exact) mass is 343 g/mol. The first-order chi connectivity index (χ1) is 12.1. The number of likely N-dealkylation sites (tertiary alicyclic amines) is 1. The van der Waals surface area contributed by atoms with Crippen molar-refractivity contribution in [2.45, 2.75) is 32.0 Å².